The van der Waals surface area contributed by atoms with Crippen LogP contribution in [0.25, 0.3) is 0 Å². The van der Waals surface area contributed by atoms with Crippen molar-refractivity contribution in [2.24, 2.45) is 17.6 Å². The van der Waals surface area contributed by atoms with Crippen LogP contribution in [0.15, 0.2) is 24.3 Å². The highest BCUT2D eigenvalue weighted by atomic mass is 32.1. The maximum Gasteiger partial charge on any atom is 0.234 e. The molecule has 3 N–H and O–H groups in total. The van der Waals surface area contributed by atoms with Crippen molar-refractivity contribution in [1.82, 2.24) is 0 Å². The zero-order valence-corrected chi connectivity index (χ0v) is 12.6. The Bertz CT molecular complexity index is 472. The molecule has 0 saturated carbocycles. The number of carbonyl (C=O) groups is 1. The van der Waals surface area contributed by atoms with Gasteiger partial charge in [0.1, 0.15) is 0 Å². The summed E-state index contributed by atoms with van der Waals surface area (Å²) in [4.78, 5) is 14.4. The SMILES string of the molecule is CC(C)C(C(=O)Nc1ccccc1N(C)C)C(N)=S. The number of carbonyl (C=O) groups excluding carboxylic acids is 1. The smallest absolute Gasteiger partial charge is 0.234 e. The van der Waals surface area contributed by atoms with Crippen molar-refractivity contribution < 1.29 is 4.79 Å². The lowest BCUT2D eigenvalue weighted by atomic mass is 9.95. The van der Waals surface area contributed by atoms with Gasteiger partial charge in [-0.05, 0) is 18.1 Å². The Labute approximate surface area is 120 Å². The molecule has 4 nitrogen and oxygen atoms in total. The lowest BCUT2D eigenvalue weighted by Crippen LogP contribution is -2.37. The minimum absolute atomic E-state index is 0.0732. The quantitative estimate of drug-likeness (QED) is 0.812. The molecule has 0 heterocycles. The lowest BCUT2D eigenvalue weighted by molar-refractivity contribution is -0.118. The van der Waals surface area contributed by atoms with Crippen molar-refractivity contribution in [3.63, 3.8) is 0 Å². The van der Waals surface area contributed by atoms with Gasteiger partial charge in [0, 0.05) is 14.1 Å². The molecule has 0 bridgehead atoms. The fraction of sp³-hybridized carbons (Fsp3) is 0.429. The van der Waals surface area contributed by atoms with E-state index in [1.807, 2.05) is 57.1 Å². The number of amides is 1. The number of nitrogens with zero attached hydrogens (tertiary/aromatic N) is 1. The topological polar surface area (TPSA) is 58.4 Å². The number of para-hydroxylation sites is 2. The number of nitrogens with two attached hydrogens (primary N) is 1. The average molecular weight is 279 g/mol. The molecule has 1 unspecified atom stereocenters. The predicted octanol–water partition coefficient (Wildman–Crippen LogP) is 2.25. The van der Waals surface area contributed by atoms with E-state index in [4.69, 9.17) is 18.0 Å². The lowest BCUT2D eigenvalue weighted by Gasteiger charge is -2.22. The minimum atomic E-state index is -0.454. The van der Waals surface area contributed by atoms with Crippen LogP contribution in [0.4, 0.5) is 11.4 Å². The molecule has 0 aromatic heterocycles. The van der Waals surface area contributed by atoms with Gasteiger partial charge in [-0.15, -0.1) is 0 Å². The summed E-state index contributed by atoms with van der Waals surface area (Å²) in [6, 6.07) is 7.62. The van der Waals surface area contributed by atoms with Crippen molar-refractivity contribution >= 4 is 34.5 Å². The molecule has 1 aromatic carbocycles. The van der Waals surface area contributed by atoms with E-state index in [9.17, 15) is 4.79 Å². The van der Waals surface area contributed by atoms with E-state index in [0.717, 1.165) is 11.4 Å². The largest absolute Gasteiger partial charge is 0.393 e. The fourth-order valence-corrected chi connectivity index (χ4v) is 2.32. The van der Waals surface area contributed by atoms with E-state index >= 15 is 0 Å². The maximum atomic E-state index is 12.3. The minimum Gasteiger partial charge on any atom is -0.393 e. The molecular weight excluding hydrogens is 258 g/mol. The number of benzene rings is 1. The summed E-state index contributed by atoms with van der Waals surface area (Å²) in [7, 11) is 3.86. The van der Waals surface area contributed by atoms with E-state index in [2.05, 4.69) is 5.32 Å². The highest BCUT2D eigenvalue weighted by molar-refractivity contribution is 7.80. The van der Waals surface area contributed by atoms with Gasteiger partial charge in [0.2, 0.25) is 5.91 Å². The monoisotopic (exact) mass is 279 g/mol. The molecule has 0 spiro atoms. The van der Waals surface area contributed by atoms with Gasteiger partial charge < -0.3 is 16.0 Å². The Hall–Kier alpha value is -1.62. The number of hydrogen-bond acceptors (Lipinski definition) is 3. The first-order valence-electron chi connectivity index (χ1n) is 6.21. The number of rotatable bonds is 5. The van der Waals surface area contributed by atoms with E-state index in [-0.39, 0.29) is 16.8 Å². The molecule has 0 aliphatic rings. The van der Waals surface area contributed by atoms with Crippen molar-refractivity contribution in [2.75, 3.05) is 24.3 Å². The third kappa shape index (κ3) is 3.92. The van der Waals surface area contributed by atoms with Crippen molar-refractivity contribution in [3.8, 4) is 0 Å². The maximum absolute atomic E-state index is 12.3. The van der Waals surface area contributed by atoms with Gasteiger partial charge in [-0.3, -0.25) is 4.79 Å². The average Bonchev–Trinajstić information content (AvgIpc) is 2.27. The van der Waals surface area contributed by atoms with Crippen LogP contribution in [0, 0.1) is 11.8 Å². The molecule has 0 fully saturated rings. The standard InChI is InChI=1S/C14H21N3OS/c1-9(2)12(13(15)19)14(18)16-10-7-5-6-8-11(10)17(3)4/h5-9,12H,1-4H3,(H2,15,19)(H,16,18). The Morgan fingerprint density at radius 3 is 2.37 bits per heavy atom. The highest BCUT2D eigenvalue weighted by Crippen LogP contribution is 2.25. The van der Waals surface area contributed by atoms with Gasteiger partial charge in [-0.1, -0.05) is 38.2 Å². The van der Waals surface area contributed by atoms with Gasteiger partial charge in [-0.2, -0.15) is 0 Å². The molecule has 1 amide bonds. The van der Waals surface area contributed by atoms with Gasteiger partial charge in [0.25, 0.3) is 0 Å². The van der Waals surface area contributed by atoms with Gasteiger partial charge in [-0.25, -0.2) is 0 Å². The first-order valence-corrected chi connectivity index (χ1v) is 6.62. The summed E-state index contributed by atoms with van der Waals surface area (Å²) in [6.07, 6.45) is 0. The summed E-state index contributed by atoms with van der Waals surface area (Å²) in [5.41, 5.74) is 7.36. The second-order valence-corrected chi connectivity index (χ2v) is 5.50. The molecule has 0 aliphatic heterocycles. The number of nitrogens with one attached hydrogen (secondary N) is 1. The van der Waals surface area contributed by atoms with Crippen LogP contribution in [0.1, 0.15) is 13.8 Å². The van der Waals surface area contributed by atoms with E-state index in [1.54, 1.807) is 0 Å². The second-order valence-electron chi connectivity index (χ2n) is 5.02. The van der Waals surface area contributed by atoms with Crippen LogP contribution in [0.5, 0.6) is 0 Å². The highest BCUT2D eigenvalue weighted by Gasteiger charge is 2.25. The molecule has 1 rings (SSSR count). The number of anilines is 2. The van der Waals surface area contributed by atoms with Crippen LogP contribution >= 0.6 is 12.2 Å². The Kier molecular flexibility index (Phi) is 5.30. The Balaban J connectivity index is 2.96. The van der Waals surface area contributed by atoms with Crippen molar-refractivity contribution in [2.45, 2.75) is 13.8 Å². The Morgan fingerprint density at radius 1 is 1.32 bits per heavy atom. The number of hydrogen-bond donors (Lipinski definition) is 2. The van der Waals surface area contributed by atoms with Crippen LogP contribution in [-0.2, 0) is 4.79 Å². The number of thiocarbonyl (C=S) groups is 1. The molecular formula is C14H21N3OS. The first kappa shape index (κ1) is 15.4. The predicted molar refractivity (Wildman–Crippen MR) is 84.5 cm³/mol. The summed E-state index contributed by atoms with van der Waals surface area (Å²) >= 11 is 4.98. The van der Waals surface area contributed by atoms with E-state index < -0.39 is 5.92 Å². The first-order chi connectivity index (χ1) is 8.84. The molecule has 0 radical (unpaired) electrons. The van der Waals surface area contributed by atoms with E-state index in [0.29, 0.717) is 0 Å². The summed E-state index contributed by atoms with van der Waals surface area (Å²) in [5.74, 6) is -0.536. The summed E-state index contributed by atoms with van der Waals surface area (Å²) < 4.78 is 0. The summed E-state index contributed by atoms with van der Waals surface area (Å²) in [5, 5.41) is 2.91. The zero-order valence-electron chi connectivity index (χ0n) is 11.8. The zero-order chi connectivity index (χ0) is 14.6. The van der Waals surface area contributed by atoms with Crippen LogP contribution in [0.3, 0.4) is 0 Å². The van der Waals surface area contributed by atoms with Crippen molar-refractivity contribution in [1.29, 1.82) is 0 Å². The normalized spacial score (nSPS) is 12.1. The van der Waals surface area contributed by atoms with Crippen LogP contribution in [-0.4, -0.2) is 25.0 Å². The third-order valence-corrected chi connectivity index (χ3v) is 3.15. The summed E-state index contributed by atoms with van der Waals surface area (Å²) in [6.45, 7) is 3.86. The molecule has 5 heteroatoms. The molecule has 0 saturated heterocycles. The third-order valence-electron chi connectivity index (χ3n) is 2.90. The molecule has 0 aliphatic carbocycles. The van der Waals surface area contributed by atoms with Crippen LogP contribution < -0.4 is 16.0 Å². The molecule has 19 heavy (non-hydrogen) atoms. The fourth-order valence-electron chi connectivity index (χ4n) is 1.94. The van der Waals surface area contributed by atoms with Gasteiger partial charge >= 0.3 is 0 Å². The Morgan fingerprint density at radius 2 is 1.89 bits per heavy atom. The molecule has 104 valence electrons. The molecule has 1 aromatic rings. The van der Waals surface area contributed by atoms with Gasteiger partial charge in [0.15, 0.2) is 0 Å². The van der Waals surface area contributed by atoms with E-state index in [1.165, 1.54) is 0 Å². The van der Waals surface area contributed by atoms with Gasteiger partial charge in [0.05, 0.1) is 22.3 Å². The van der Waals surface area contributed by atoms with Crippen molar-refractivity contribution in [3.05, 3.63) is 24.3 Å². The molecule has 1 atom stereocenters. The van der Waals surface area contributed by atoms with Crippen LogP contribution in [0.2, 0.25) is 0 Å². The second kappa shape index (κ2) is 6.52.